The highest BCUT2D eigenvalue weighted by molar-refractivity contribution is 5.27. The molecule has 0 unspecified atom stereocenters. The number of nitrogens with zero attached hydrogens (tertiary/aromatic N) is 1. The minimum absolute atomic E-state index is 0.554. The molecule has 0 spiro atoms. The molecule has 1 aromatic heterocycles. The van der Waals surface area contributed by atoms with E-state index < -0.39 is 0 Å². The van der Waals surface area contributed by atoms with Crippen molar-refractivity contribution in [3.63, 3.8) is 0 Å². The SMILES string of the molecule is CC(C)c1nc(C2CNC2)[nH]c1C1CC1. The third-order valence-corrected chi connectivity index (χ3v) is 3.48. The topological polar surface area (TPSA) is 40.7 Å². The first-order valence-electron chi connectivity index (χ1n) is 6.06. The van der Waals surface area contributed by atoms with Gasteiger partial charge in [-0.15, -0.1) is 0 Å². The summed E-state index contributed by atoms with van der Waals surface area (Å²) in [5, 5.41) is 3.30. The Balaban J connectivity index is 1.92. The number of imidazole rings is 1. The van der Waals surface area contributed by atoms with E-state index in [-0.39, 0.29) is 0 Å². The van der Waals surface area contributed by atoms with E-state index in [0.29, 0.717) is 11.8 Å². The van der Waals surface area contributed by atoms with Crippen LogP contribution >= 0.6 is 0 Å². The summed E-state index contributed by atoms with van der Waals surface area (Å²) in [6.07, 6.45) is 2.70. The van der Waals surface area contributed by atoms with E-state index in [1.54, 1.807) is 0 Å². The second-order valence-corrected chi connectivity index (χ2v) is 5.21. The lowest BCUT2D eigenvalue weighted by atomic mass is 10.0. The molecular formula is C12H19N3. The molecule has 15 heavy (non-hydrogen) atoms. The van der Waals surface area contributed by atoms with Gasteiger partial charge in [0.2, 0.25) is 0 Å². The van der Waals surface area contributed by atoms with E-state index >= 15 is 0 Å². The maximum absolute atomic E-state index is 4.80. The van der Waals surface area contributed by atoms with Crippen molar-refractivity contribution in [3.8, 4) is 0 Å². The number of aromatic nitrogens is 2. The van der Waals surface area contributed by atoms with Gasteiger partial charge in [-0.3, -0.25) is 0 Å². The average Bonchev–Trinajstić information content (AvgIpc) is 2.85. The molecule has 3 rings (SSSR count). The summed E-state index contributed by atoms with van der Waals surface area (Å²) in [6, 6.07) is 0. The van der Waals surface area contributed by atoms with Crippen LogP contribution in [0.15, 0.2) is 0 Å². The number of aromatic amines is 1. The standard InChI is InChI=1S/C12H19N3/c1-7(2)10-11(8-3-4-8)15-12(14-10)9-5-13-6-9/h7-9,13H,3-6H2,1-2H3,(H,14,15). The summed E-state index contributed by atoms with van der Waals surface area (Å²) in [5.41, 5.74) is 2.76. The van der Waals surface area contributed by atoms with Gasteiger partial charge in [0.1, 0.15) is 5.82 Å². The minimum atomic E-state index is 0.554. The van der Waals surface area contributed by atoms with Crippen molar-refractivity contribution < 1.29 is 0 Å². The summed E-state index contributed by atoms with van der Waals surface area (Å²) in [4.78, 5) is 8.37. The zero-order chi connectivity index (χ0) is 10.4. The smallest absolute Gasteiger partial charge is 0.112 e. The fraction of sp³-hybridized carbons (Fsp3) is 0.750. The fourth-order valence-electron chi connectivity index (χ4n) is 2.22. The molecule has 1 aliphatic heterocycles. The summed E-state index contributed by atoms with van der Waals surface area (Å²) >= 11 is 0. The molecule has 0 radical (unpaired) electrons. The molecule has 3 heteroatoms. The van der Waals surface area contributed by atoms with Gasteiger partial charge < -0.3 is 10.3 Å². The molecular weight excluding hydrogens is 186 g/mol. The van der Waals surface area contributed by atoms with Crippen LogP contribution in [0.25, 0.3) is 0 Å². The first-order valence-corrected chi connectivity index (χ1v) is 6.06. The molecule has 2 N–H and O–H groups in total. The van der Waals surface area contributed by atoms with Crippen LogP contribution in [-0.2, 0) is 0 Å². The van der Waals surface area contributed by atoms with Gasteiger partial charge in [-0.25, -0.2) is 4.98 Å². The highest BCUT2D eigenvalue weighted by Gasteiger charge is 2.32. The van der Waals surface area contributed by atoms with Gasteiger partial charge in [0, 0.05) is 30.6 Å². The van der Waals surface area contributed by atoms with E-state index in [1.165, 1.54) is 30.1 Å². The Morgan fingerprint density at radius 1 is 1.20 bits per heavy atom. The fourth-order valence-corrected chi connectivity index (χ4v) is 2.22. The predicted octanol–water partition coefficient (Wildman–Crippen LogP) is 2.10. The highest BCUT2D eigenvalue weighted by Crippen LogP contribution is 2.42. The van der Waals surface area contributed by atoms with Crippen molar-refractivity contribution >= 4 is 0 Å². The molecule has 1 saturated carbocycles. The molecule has 3 nitrogen and oxygen atoms in total. The monoisotopic (exact) mass is 205 g/mol. The molecule has 0 amide bonds. The van der Waals surface area contributed by atoms with E-state index in [9.17, 15) is 0 Å². The molecule has 2 heterocycles. The normalized spacial score (nSPS) is 22.1. The van der Waals surface area contributed by atoms with E-state index in [2.05, 4.69) is 24.1 Å². The largest absolute Gasteiger partial charge is 0.345 e. The second-order valence-electron chi connectivity index (χ2n) is 5.21. The summed E-state index contributed by atoms with van der Waals surface area (Å²) < 4.78 is 0. The van der Waals surface area contributed by atoms with Crippen molar-refractivity contribution in [2.45, 2.75) is 44.4 Å². The average molecular weight is 205 g/mol. The molecule has 2 aliphatic rings. The lowest BCUT2D eigenvalue weighted by Gasteiger charge is -2.24. The van der Waals surface area contributed by atoms with E-state index in [4.69, 9.17) is 4.98 Å². The quantitative estimate of drug-likeness (QED) is 0.793. The Morgan fingerprint density at radius 2 is 1.93 bits per heavy atom. The molecule has 1 aliphatic carbocycles. The van der Waals surface area contributed by atoms with Crippen LogP contribution in [0.2, 0.25) is 0 Å². The van der Waals surface area contributed by atoms with Gasteiger partial charge in [0.15, 0.2) is 0 Å². The van der Waals surface area contributed by atoms with Crippen LogP contribution in [0.4, 0.5) is 0 Å². The van der Waals surface area contributed by atoms with Gasteiger partial charge in [-0.1, -0.05) is 13.8 Å². The number of nitrogens with one attached hydrogen (secondary N) is 2. The lowest BCUT2D eigenvalue weighted by molar-refractivity contribution is 0.431. The number of H-pyrrole nitrogens is 1. The molecule has 0 bridgehead atoms. The highest BCUT2D eigenvalue weighted by atomic mass is 15.0. The maximum Gasteiger partial charge on any atom is 0.112 e. The Hall–Kier alpha value is -0.830. The van der Waals surface area contributed by atoms with Crippen molar-refractivity contribution in [1.82, 2.24) is 15.3 Å². The predicted molar refractivity (Wildman–Crippen MR) is 60.3 cm³/mol. The number of hydrogen-bond acceptors (Lipinski definition) is 2. The van der Waals surface area contributed by atoms with Crippen molar-refractivity contribution in [2.75, 3.05) is 13.1 Å². The maximum atomic E-state index is 4.80. The molecule has 1 aromatic rings. The van der Waals surface area contributed by atoms with Gasteiger partial charge in [0.25, 0.3) is 0 Å². The zero-order valence-corrected chi connectivity index (χ0v) is 9.51. The van der Waals surface area contributed by atoms with Crippen molar-refractivity contribution in [3.05, 3.63) is 17.2 Å². The van der Waals surface area contributed by atoms with Gasteiger partial charge in [-0.05, 0) is 18.8 Å². The van der Waals surface area contributed by atoms with Crippen LogP contribution in [-0.4, -0.2) is 23.1 Å². The van der Waals surface area contributed by atoms with Gasteiger partial charge in [-0.2, -0.15) is 0 Å². The number of hydrogen-bond donors (Lipinski definition) is 2. The molecule has 0 atom stereocenters. The van der Waals surface area contributed by atoms with Crippen molar-refractivity contribution in [2.24, 2.45) is 0 Å². The molecule has 0 aromatic carbocycles. The molecule has 2 fully saturated rings. The molecule has 82 valence electrons. The summed E-state index contributed by atoms with van der Waals surface area (Å²) in [6.45, 7) is 6.67. The van der Waals surface area contributed by atoms with Crippen LogP contribution in [0, 0.1) is 0 Å². The first kappa shape index (κ1) is 9.40. The third-order valence-electron chi connectivity index (χ3n) is 3.48. The van der Waals surface area contributed by atoms with Gasteiger partial charge in [0.05, 0.1) is 5.69 Å². The minimum Gasteiger partial charge on any atom is -0.345 e. The Labute approximate surface area is 90.7 Å². The van der Waals surface area contributed by atoms with E-state index in [0.717, 1.165) is 19.0 Å². The van der Waals surface area contributed by atoms with Crippen LogP contribution in [0.5, 0.6) is 0 Å². The first-order chi connectivity index (χ1) is 7.25. The van der Waals surface area contributed by atoms with Gasteiger partial charge >= 0.3 is 0 Å². The Morgan fingerprint density at radius 3 is 2.40 bits per heavy atom. The Bertz CT molecular complexity index is 339. The van der Waals surface area contributed by atoms with Crippen LogP contribution < -0.4 is 5.32 Å². The zero-order valence-electron chi connectivity index (χ0n) is 9.51. The molecule has 1 saturated heterocycles. The van der Waals surface area contributed by atoms with Crippen LogP contribution in [0.3, 0.4) is 0 Å². The second kappa shape index (κ2) is 3.34. The van der Waals surface area contributed by atoms with E-state index in [1.807, 2.05) is 0 Å². The number of rotatable bonds is 3. The summed E-state index contributed by atoms with van der Waals surface area (Å²) in [5.74, 6) is 3.20. The third kappa shape index (κ3) is 1.59. The van der Waals surface area contributed by atoms with Crippen LogP contribution in [0.1, 0.15) is 61.7 Å². The Kier molecular flexibility index (Phi) is 2.09. The van der Waals surface area contributed by atoms with Crippen molar-refractivity contribution in [1.29, 1.82) is 0 Å². The summed E-state index contributed by atoms with van der Waals surface area (Å²) in [7, 11) is 0. The lowest BCUT2D eigenvalue weighted by Crippen LogP contribution is -2.40.